The summed E-state index contributed by atoms with van der Waals surface area (Å²) >= 11 is 1.29. The zero-order chi connectivity index (χ0) is 20.4. The molecule has 1 aliphatic rings. The predicted molar refractivity (Wildman–Crippen MR) is 112 cm³/mol. The third-order valence-corrected chi connectivity index (χ3v) is 6.22. The Balaban J connectivity index is 1.65. The molecular formula is C20H23N3O5S. The first-order chi connectivity index (χ1) is 14.1. The number of esters is 1. The number of aromatic nitrogens is 1. The summed E-state index contributed by atoms with van der Waals surface area (Å²) in [6.45, 7) is 4.72. The van der Waals surface area contributed by atoms with Gasteiger partial charge in [0.15, 0.2) is 11.5 Å². The molecule has 0 radical (unpaired) electrons. The number of morpholine rings is 1. The molecule has 1 fully saturated rings. The Labute approximate surface area is 172 Å². The minimum atomic E-state index is -0.452. The summed E-state index contributed by atoms with van der Waals surface area (Å²) in [6, 6.07) is 3.74. The van der Waals surface area contributed by atoms with E-state index in [4.69, 9.17) is 24.7 Å². The number of thiophene rings is 1. The molecule has 3 heterocycles. The molecule has 29 heavy (non-hydrogen) atoms. The minimum absolute atomic E-state index is 0.376. The van der Waals surface area contributed by atoms with Crippen LogP contribution in [0.1, 0.15) is 9.67 Å². The SMILES string of the molecule is COC(=O)c1sc2c(cnc3cc(OCCN4CCOCC4)c(OC)cc32)c1N. The largest absolute Gasteiger partial charge is 0.493 e. The van der Waals surface area contributed by atoms with Crippen LogP contribution in [0, 0.1) is 0 Å². The number of hydrogen-bond donors (Lipinski definition) is 1. The van der Waals surface area contributed by atoms with Crippen LogP contribution in [0.2, 0.25) is 0 Å². The standard InChI is InChI=1S/C20H23N3O5S/c1-25-15-9-12-14(10-16(15)28-8-5-23-3-6-27-7-4-23)22-11-13-17(21)19(20(24)26-2)29-18(12)13/h9-11H,3-8,21H2,1-2H3. The van der Waals surface area contributed by atoms with Gasteiger partial charge in [0, 0.05) is 47.4 Å². The maximum Gasteiger partial charge on any atom is 0.350 e. The summed E-state index contributed by atoms with van der Waals surface area (Å²) < 4.78 is 22.6. The first-order valence-electron chi connectivity index (χ1n) is 9.32. The molecule has 0 amide bonds. The molecule has 1 aliphatic heterocycles. The highest BCUT2D eigenvalue weighted by molar-refractivity contribution is 7.22. The molecule has 154 valence electrons. The monoisotopic (exact) mass is 417 g/mol. The van der Waals surface area contributed by atoms with Gasteiger partial charge in [-0.2, -0.15) is 0 Å². The second-order valence-corrected chi connectivity index (χ2v) is 7.68. The molecule has 0 unspecified atom stereocenters. The Bertz CT molecular complexity index is 1050. The van der Waals surface area contributed by atoms with Crippen molar-refractivity contribution in [2.45, 2.75) is 0 Å². The molecule has 0 atom stereocenters. The van der Waals surface area contributed by atoms with E-state index in [1.54, 1.807) is 13.3 Å². The number of pyridine rings is 1. The molecule has 0 aliphatic carbocycles. The van der Waals surface area contributed by atoms with Crippen LogP contribution in [-0.2, 0) is 9.47 Å². The quantitative estimate of drug-likeness (QED) is 0.612. The fourth-order valence-corrected chi connectivity index (χ4v) is 4.52. The van der Waals surface area contributed by atoms with Gasteiger partial charge in [-0.05, 0) is 6.07 Å². The maximum absolute atomic E-state index is 12.0. The highest BCUT2D eigenvalue weighted by Gasteiger charge is 2.20. The highest BCUT2D eigenvalue weighted by Crippen LogP contribution is 2.41. The van der Waals surface area contributed by atoms with Crippen LogP contribution in [0.25, 0.3) is 21.0 Å². The van der Waals surface area contributed by atoms with Crippen molar-refractivity contribution in [3.8, 4) is 11.5 Å². The lowest BCUT2D eigenvalue weighted by Crippen LogP contribution is -2.38. The molecule has 1 saturated heterocycles. The average molecular weight is 417 g/mol. The number of hydrogen-bond acceptors (Lipinski definition) is 9. The zero-order valence-corrected chi connectivity index (χ0v) is 17.2. The van der Waals surface area contributed by atoms with Gasteiger partial charge in [-0.25, -0.2) is 4.79 Å². The number of methoxy groups -OCH3 is 2. The van der Waals surface area contributed by atoms with E-state index in [2.05, 4.69) is 9.88 Å². The summed E-state index contributed by atoms with van der Waals surface area (Å²) in [6.07, 6.45) is 1.68. The number of nitrogens with zero attached hydrogens (tertiary/aromatic N) is 2. The summed E-state index contributed by atoms with van der Waals surface area (Å²) in [5.74, 6) is 0.796. The number of nitrogen functional groups attached to an aromatic ring is 1. The normalized spacial score (nSPS) is 15.0. The van der Waals surface area contributed by atoms with E-state index < -0.39 is 5.97 Å². The van der Waals surface area contributed by atoms with E-state index in [0.29, 0.717) is 28.7 Å². The van der Waals surface area contributed by atoms with Crippen LogP contribution in [0.5, 0.6) is 11.5 Å². The van der Waals surface area contributed by atoms with Gasteiger partial charge < -0.3 is 24.7 Å². The topological polar surface area (TPSA) is 96.1 Å². The number of ether oxygens (including phenoxy) is 4. The molecule has 1 aromatic carbocycles. The number of rotatable bonds is 6. The maximum atomic E-state index is 12.0. The van der Waals surface area contributed by atoms with E-state index in [1.807, 2.05) is 12.1 Å². The molecule has 8 nitrogen and oxygen atoms in total. The summed E-state index contributed by atoms with van der Waals surface area (Å²) in [7, 11) is 2.94. The van der Waals surface area contributed by atoms with Crippen molar-refractivity contribution < 1.29 is 23.7 Å². The summed E-state index contributed by atoms with van der Waals surface area (Å²) in [5, 5.41) is 1.58. The number of carbonyl (C=O) groups excluding carboxylic acids is 1. The van der Waals surface area contributed by atoms with E-state index in [9.17, 15) is 4.79 Å². The van der Waals surface area contributed by atoms with Crippen molar-refractivity contribution in [1.29, 1.82) is 0 Å². The number of fused-ring (bicyclic) bond motifs is 3. The first-order valence-corrected chi connectivity index (χ1v) is 10.1. The van der Waals surface area contributed by atoms with Gasteiger partial charge in [0.2, 0.25) is 0 Å². The highest BCUT2D eigenvalue weighted by atomic mass is 32.1. The fourth-order valence-electron chi connectivity index (χ4n) is 3.38. The number of carbonyl (C=O) groups is 1. The van der Waals surface area contributed by atoms with Gasteiger partial charge in [-0.15, -0.1) is 11.3 Å². The second kappa shape index (κ2) is 8.40. The Morgan fingerprint density at radius 2 is 2.03 bits per heavy atom. The van der Waals surface area contributed by atoms with Gasteiger partial charge in [-0.3, -0.25) is 9.88 Å². The Kier molecular flexibility index (Phi) is 5.70. The smallest absolute Gasteiger partial charge is 0.350 e. The molecule has 0 spiro atoms. The second-order valence-electron chi connectivity index (χ2n) is 6.66. The molecule has 9 heteroatoms. The number of anilines is 1. The van der Waals surface area contributed by atoms with Gasteiger partial charge in [0.25, 0.3) is 0 Å². The minimum Gasteiger partial charge on any atom is -0.493 e. The van der Waals surface area contributed by atoms with Crippen LogP contribution in [0.4, 0.5) is 5.69 Å². The van der Waals surface area contributed by atoms with Crippen molar-refractivity contribution in [2.24, 2.45) is 0 Å². The third-order valence-electron chi connectivity index (χ3n) is 4.98. The molecule has 0 saturated carbocycles. The Hall–Kier alpha value is -2.62. The van der Waals surface area contributed by atoms with Gasteiger partial charge in [0.05, 0.1) is 38.6 Å². The van der Waals surface area contributed by atoms with E-state index in [1.165, 1.54) is 18.4 Å². The van der Waals surface area contributed by atoms with Crippen molar-refractivity contribution >= 4 is 44.0 Å². The molecule has 0 bridgehead atoms. The summed E-state index contributed by atoms with van der Waals surface area (Å²) in [4.78, 5) is 19.2. The van der Waals surface area contributed by atoms with Gasteiger partial charge in [0.1, 0.15) is 11.5 Å². The average Bonchev–Trinajstić information content (AvgIpc) is 3.10. The lowest BCUT2D eigenvalue weighted by Gasteiger charge is -2.26. The van der Waals surface area contributed by atoms with Crippen LogP contribution in [-0.4, -0.2) is 69.5 Å². The van der Waals surface area contributed by atoms with Gasteiger partial charge >= 0.3 is 5.97 Å². The first kappa shape index (κ1) is 19.7. The van der Waals surface area contributed by atoms with Crippen LogP contribution >= 0.6 is 11.3 Å². The molecule has 3 aromatic rings. The number of benzene rings is 1. The molecular weight excluding hydrogens is 394 g/mol. The van der Waals surface area contributed by atoms with Crippen molar-refractivity contribution in [3.63, 3.8) is 0 Å². The molecule has 4 rings (SSSR count). The predicted octanol–water partition coefficient (Wildman–Crippen LogP) is 2.54. The number of nitrogens with two attached hydrogens (primary N) is 1. The third kappa shape index (κ3) is 3.81. The van der Waals surface area contributed by atoms with Crippen molar-refractivity contribution in [1.82, 2.24) is 9.88 Å². The van der Waals surface area contributed by atoms with E-state index >= 15 is 0 Å². The van der Waals surface area contributed by atoms with Crippen molar-refractivity contribution in [3.05, 3.63) is 23.2 Å². The lowest BCUT2D eigenvalue weighted by atomic mass is 10.1. The molecule has 2 aromatic heterocycles. The molecule has 2 N–H and O–H groups in total. The van der Waals surface area contributed by atoms with Crippen LogP contribution in [0.15, 0.2) is 18.3 Å². The van der Waals surface area contributed by atoms with Crippen LogP contribution < -0.4 is 15.2 Å². The summed E-state index contributed by atoms with van der Waals surface area (Å²) in [5.41, 5.74) is 7.28. The Morgan fingerprint density at radius 3 is 2.76 bits per heavy atom. The Morgan fingerprint density at radius 1 is 1.24 bits per heavy atom. The zero-order valence-electron chi connectivity index (χ0n) is 16.4. The van der Waals surface area contributed by atoms with Crippen LogP contribution in [0.3, 0.4) is 0 Å². The van der Waals surface area contributed by atoms with E-state index in [0.717, 1.165) is 53.8 Å². The van der Waals surface area contributed by atoms with E-state index in [-0.39, 0.29) is 0 Å². The lowest BCUT2D eigenvalue weighted by molar-refractivity contribution is 0.0321. The fraction of sp³-hybridized carbons (Fsp3) is 0.400. The van der Waals surface area contributed by atoms with Crippen molar-refractivity contribution in [2.75, 3.05) is 59.4 Å². The van der Waals surface area contributed by atoms with Gasteiger partial charge in [-0.1, -0.05) is 0 Å².